The fraction of sp³-hybridized carbons (Fsp3) is 0.188. The summed E-state index contributed by atoms with van der Waals surface area (Å²) < 4.78 is 9.72. The lowest BCUT2D eigenvalue weighted by atomic mass is 10.3. The summed E-state index contributed by atoms with van der Waals surface area (Å²) in [5, 5.41) is 5.50. The highest BCUT2D eigenvalue weighted by atomic mass is 35.5. The molecule has 0 unspecified atom stereocenters. The number of hydrogen-bond acceptors (Lipinski definition) is 5. The van der Waals surface area contributed by atoms with Crippen molar-refractivity contribution in [3.8, 4) is 0 Å². The van der Waals surface area contributed by atoms with Crippen molar-refractivity contribution in [3.63, 3.8) is 0 Å². The Hall–Kier alpha value is -2.51. The Labute approximate surface area is 153 Å². The molecule has 0 fully saturated rings. The summed E-state index contributed by atoms with van der Waals surface area (Å²) in [4.78, 5) is 34.9. The van der Waals surface area contributed by atoms with Crippen LogP contribution >= 0.6 is 23.2 Å². The van der Waals surface area contributed by atoms with Crippen molar-refractivity contribution in [2.24, 2.45) is 0 Å². The predicted molar refractivity (Wildman–Crippen MR) is 91.7 cm³/mol. The monoisotopic (exact) mass is 384 g/mol. The summed E-state index contributed by atoms with van der Waals surface area (Å²) in [7, 11) is 0. The fourth-order valence-electron chi connectivity index (χ4n) is 1.78. The van der Waals surface area contributed by atoms with E-state index >= 15 is 0 Å². The second kappa shape index (κ2) is 9.10. The minimum Gasteiger partial charge on any atom is -0.459 e. The molecule has 0 saturated carbocycles. The number of nitrogens with one attached hydrogen (secondary N) is 2. The van der Waals surface area contributed by atoms with Crippen molar-refractivity contribution in [2.45, 2.75) is 6.42 Å². The number of hydrogen-bond donors (Lipinski definition) is 2. The molecular formula is C16H14Cl2N2O5. The Morgan fingerprint density at radius 1 is 1.08 bits per heavy atom. The maximum absolute atomic E-state index is 11.8. The molecule has 1 heterocycles. The summed E-state index contributed by atoms with van der Waals surface area (Å²) in [6.45, 7) is -0.442. The number of carbonyl (C=O) groups is 3. The third-order valence-electron chi connectivity index (χ3n) is 2.95. The molecule has 2 amide bonds. The van der Waals surface area contributed by atoms with Crippen molar-refractivity contribution in [3.05, 3.63) is 52.4 Å². The van der Waals surface area contributed by atoms with Gasteiger partial charge in [0.2, 0.25) is 0 Å². The lowest BCUT2D eigenvalue weighted by Gasteiger charge is -2.09. The molecule has 2 aromatic rings. The van der Waals surface area contributed by atoms with Gasteiger partial charge in [-0.05, 0) is 24.3 Å². The maximum atomic E-state index is 11.8. The van der Waals surface area contributed by atoms with Crippen molar-refractivity contribution in [2.75, 3.05) is 18.5 Å². The Balaban J connectivity index is 1.69. The van der Waals surface area contributed by atoms with Crippen molar-refractivity contribution in [1.29, 1.82) is 0 Å². The minimum absolute atomic E-state index is 0.0519. The molecule has 25 heavy (non-hydrogen) atoms. The second-order valence-electron chi connectivity index (χ2n) is 4.79. The van der Waals surface area contributed by atoms with Crippen molar-refractivity contribution < 1.29 is 23.5 Å². The molecular weight excluding hydrogens is 371 g/mol. The van der Waals surface area contributed by atoms with Crippen LogP contribution in [0.5, 0.6) is 0 Å². The van der Waals surface area contributed by atoms with E-state index in [9.17, 15) is 14.4 Å². The number of esters is 1. The predicted octanol–water partition coefficient (Wildman–Crippen LogP) is 2.89. The number of halogens is 2. The molecule has 0 atom stereocenters. The van der Waals surface area contributed by atoms with Gasteiger partial charge >= 0.3 is 5.97 Å². The molecule has 0 spiro atoms. The van der Waals surface area contributed by atoms with Gasteiger partial charge in [-0.15, -0.1) is 0 Å². The van der Waals surface area contributed by atoms with Crippen LogP contribution in [0.15, 0.2) is 41.0 Å². The highest BCUT2D eigenvalue weighted by Crippen LogP contribution is 2.29. The summed E-state index contributed by atoms with van der Waals surface area (Å²) in [5.41, 5.74) is 0.248. The SMILES string of the molecule is O=C(COC(=O)CCNC(=O)c1ccco1)Nc1c(Cl)cccc1Cl. The molecule has 0 radical (unpaired) electrons. The van der Waals surface area contributed by atoms with Gasteiger partial charge in [0, 0.05) is 6.54 Å². The van der Waals surface area contributed by atoms with E-state index < -0.39 is 24.4 Å². The van der Waals surface area contributed by atoms with Crippen LogP contribution in [0.2, 0.25) is 10.0 Å². The standard InChI is InChI=1S/C16H14Cl2N2O5/c17-10-3-1-4-11(18)15(10)20-13(21)9-25-14(22)6-7-19-16(23)12-5-2-8-24-12/h1-5,8H,6-7,9H2,(H,19,23)(H,20,21). The van der Waals surface area contributed by atoms with Crippen molar-refractivity contribution >= 4 is 46.7 Å². The van der Waals surface area contributed by atoms with Crippen LogP contribution in [0.1, 0.15) is 17.0 Å². The number of benzene rings is 1. The Bertz CT molecular complexity index is 742. The fourth-order valence-corrected chi connectivity index (χ4v) is 2.28. The Morgan fingerprint density at radius 3 is 2.44 bits per heavy atom. The summed E-state index contributed by atoms with van der Waals surface area (Å²) in [6, 6.07) is 7.84. The van der Waals surface area contributed by atoms with E-state index in [0.717, 1.165) is 0 Å². The number of rotatable bonds is 7. The van der Waals surface area contributed by atoms with Gasteiger partial charge in [-0.3, -0.25) is 14.4 Å². The number of para-hydroxylation sites is 1. The molecule has 1 aromatic carbocycles. The molecule has 0 saturated heterocycles. The van der Waals surface area contributed by atoms with E-state index in [-0.39, 0.29) is 34.5 Å². The maximum Gasteiger partial charge on any atom is 0.308 e. The van der Waals surface area contributed by atoms with Gasteiger partial charge in [0.15, 0.2) is 12.4 Å². The lowest BCUT2D eigenvalue weighted by molar-refractivity contribution is -0.147. The first kappa shape index (κ1) is 18.8. The van der Waals surface area contributed by atoms with Crippen LogP contribution in [-0.4, -0.2) is 30.9 Å². The van der Waals surface area contributed by atoms with Gasteiger partial charge in [-0.25, -0.2) is 0 Å². The van der Waals surface area contributed by atoms with Crippen LogP contribution in [0.3, 0.4) is 0 Å². The smallest absolute Gasteiger partial charge is 0.308 e. The normalized spacial score (nSPS) is 10.2. The first-order valence-corrected chi connectivity index (χ1v) is 7.94. The van der Waals surface area contributed by atoms with E-state index in [1.165, 1.54) is 12.3 Å². The van der Waals surface area contributed by atoms with E-state index in [2.05, 4.69) is 10.6 Å². The van der Waals surface area contributed by atoms with E-state index in [4.69, 9.17) is 32.4 Å². The molecule has 2 rings (SSSR count). The van der Waals surface area contributed by atoms with E-state index in [0.29, 0.717) is 0 Å². The largest absolute Gasteiger partial charge is 0.459 e. The van der Waals surface area contributed by atoms with Crippen LogP contribution in [-0.2, 0) is 14.3 Å². The molecule has 0 aliphatic carbocycles. The molecule has 0 aliphatic rings. The van der Waals surface area contributed by atoms with Crippen LogP contribution < -0.4 is 10.6 Å². The molecule has 0 bridgehead atoms. The number of anilines is 1. The zero-order chi connectivity index (χ0) is 18.2. The van der Waals surface area contributed by atoms with Gasteiger partial charge in [0.1, 0.15) is 0 Å². The highest BCUT2D eigenvalue weighted by Gasteiger charge is 2.13. The van der Waals surface area contributed by atoms with Gasteiger partial charge in [-0.2, -0.15) is 0 Å². The Kier molecular flexibility index (Phi) is 6.85. The van der Waals surface area contributed by atoms with Gasteiger partial charge in [-0.1, -0.05) is 29.3 Å². The lowest BCUT2D eigenvalue weighted by Crippen LogP contribution is -2.27. The first-order valence-electron chi connectivity index (χ1n) is 7.18. The van der Waals surface area contributed by atoms with Gasteiger partial charge < -0.3 is 19.8 Å². The molecule has 132 valence electrons. The number of ether oxygens (including phenoxy) is 1. The molecule has 0 aliphatic heterocycles. The molecule has 1 aromatic heterocycles. The molecule has 2 N–H and O–H groups in total. The summed E-state index contributed by atoms with van der Waals surface area (Å²) in [6.07, 6.45) is 1.28. The second-order valence-corrected chi connectivity index (χ2v) is 5.60. The average molecular weight is 385 g/mol. The number of furan rings is 1. The number of carbonyl (C=O) groups excluding carboxylic acids is 3. The molecule has 9 heteroatoms. The van der Waals surface area contributed by atoms with Crippen molar-refractivity contribution in [1.82, 2.24) is 5.32 Å². The average Bonchev–Trinajstić information content (AvgIpc) is 3.11. The van der Waals surface area contributed by atoms with E-state index in [1.807, 2.05) is 0 Å². The van der Waals surface area contributed by atoms with Gasteiger partial charge in [0.05, 0.1) is 28.4 Å². The zero-order valence-corrected chi connectivity index (χ0v) is 14.4. The Morgan fingerprint density at radius 2 is 1.80 bits per heavy atom. The van der Waals surface area contributed by atoms with E-state index in [1.54, 1.807) is 24.3 Å². The third kappa shape index (κ3) is 5.81. The number of amides is 2. The summed E-state index contributed by atoms with van der Waals surface area (Å²) in [5.74, 6) is -1.52. The minimum atomic E-state index is -0.639. The summed E-state index contributed by atoms with van der Waals surface area (Å²) >= 11 is 11.8. The van der Waals surface area contributed by atoms with Crippen LogP contribution in [0, 0.1) is 0 Å². The first-order chi connectivity index (χ1) is 12.0. The topological polar surface area (TPSA) is 97.6 Å². The van der Waals surface area contributed by atoms with Gasteiger partial charge in [0.25, 0.3) is 11.8 Å². The zero-order valence-electron chi connectivity index (χ0n) is 12.9. The highest BCUT2D eigenvalue weighted by molar-refractivity contribution is 6.39. The third-order valence-corrected chi connectivity index (χ3v) is 3.58. The van der Waals surface area contributed by atoms with Crippen LogP contribution in [0.25, 0.3) is 0 Å². The molecule has 7 nitrogen and oxygen atoms in total. The van der Waals surface area contributed by atoms with Crippen LogP contribution in [0.4, 0.5) is 5.69 Å². The quantitative estimate of drug-likeness (QED) is 0.715.